The molecule has 0 aliphatic carbocycles. The predicted molar refractivity (Wildman–Crippen MR) is 83.1 cm³/mol. The number of unbranched alkanes of at least 4 members (excludes halogenated alkanes) is 1. The molecular weight excluding hydrogens is 264 g/mol. The van der Waals surface area contributed by atoms with Crippen molar-refractivity contribution in [2.75, 3.05) is 13.6 Å². The molecule has 1 aromatic rings. The second-order valence-electron chi connectivity index (χ2n) is 4.63. The smallest absolute Gasteiger partial charge is 0.0727 e. The second kappa shape index (κ2) is 7.72. The van der Waals surface area contributed by atoms with Crippen molar-refractivity contribution in [3.8, 4) is 0 Å². The summed E-state index contributed by atoms with van der Waals surface area (Å²) in [6.45, 7) is 3.25. The highest BCUT2D eigenvalue weighted by atomic mass is 35.5. The Bertz CT molecular complexity index is 378. The fraction of sp³-hybridized carbons (Fsp3) is 0.500. The van der Waals surface area contributed by atoms with E-state index in [9.17, 15) is 0 Å². The van der Waals surface area contributed by atoms with E-state index in [0.29, 0.717) is 11.0 Å². The normalized spacial score (nSPS) is 12.7. The molecule has 0 spiro atoms. The van der Waals surface area contributed by atoms with Gasteiger partial charge in [-0.25, -0.2) is 0 Å². The van der Waals surface area contributed by atoms with Crippen LogP contribution in [-0.4, -0.2) is 23.5 Å². The number of hydrogen-bond donors (Lipinski definition) is 1. The molecule has 2 nitrogen and oxygen atoms in total. The fourth-order valence-corrected chi connectivity index (χ4v) is 2.12. The molecule has 1 unspecified atom stereocenters. The Kier molecular flexibility index (Phi) is 6.61. The summed E-state index contributed by atoms with van der Waals surface area (Å²) in [6.07, 6.45) is 3.03. The minimum absolute atomic E-state index is 0.395. The molecule has 0 aliphatic heterocycles. The maximum Gasteiger partial charge on any atom is 0.0727 e. The third-order valence-corrected chi connectivity index (χ3v) is 3.65. The maximum absolute atomic E-state index is 5.89. The Labute approximate surface area is 120 Å². The van der Waals surface area contributed by atoms with Gasteiger partial charge >= 0.3 is 0 Å². The van der Waals surface area contributed by atoms with Gasteiger partial charge in [0.15, 0.2) is 0 Å². The molecule has 1 aromatic carbocycles. The maximum atomic E-state index is 5.89. The number of hydrogen-bond acceptors (Lipinski definition) is 2. The van der Waals surface area contributed by atoms with Crippen LogP contribution in [0.15, 0.2) is 24.3 Å². The van der Waals surface area contributed by atoms with E-state index in [1.807, 2.05) is 12.1 Å². The quantitative estimate of drug-likeness (QED) is 0.610. The number of nitrogens with two attached hydrogens (primary N) is 1. The zero-order valence-corrected chi connectivity index (χ0v) is 12.6. The lowest BCUT2D eigenvalue weighted by Crippen LogP contribution is -2.23. The van der Waals surface area contributed by atoms with Crippen LogP contribution in [0.2, 0.25) is 5.02 Å². The molecule has 0 bridgehead atoms. The lowest BCUT2D eigenvalue weighted by atomic mass is 10.1. The number of thiocarbonyl (C=S) groups is 1. The second-order valence-corrected chi connectivity index (χ2v) is 5.59. The average molecular weight is 285 g/mol. The zero-order valence-electron chi connectivity index (χ0n) is 11.0. The summed E-state index contributed by atoms with van der Waals surface area (Å²) in [5, 5.41) is 0.782. The van der Waals surface area contributed by atoms with Crippen LogP contribution in [0.1, 0.15) is 37.8 Å². The third-order valence-electron chi connectivity index (χ3n) is 3.20. The minimum Gasteiger partial charge on any atom is -0.393 e. The number of rotatable bonds is 7. The topological polar surface area (TPSA) is 29.3 Å². The summed E-state index contributed by atoms with van der Waals surface area (Å²) in [6, 6.07) is 8.44. The third kappa shape index (κ3) is 5.34. The Morgan fingerprint density at radius 1 is 1.33 bits per heavy atom. The Morgan fingerprint density at radius 2 is 1.94 bits per heavy atom. The molecule has 0 saturated heterocycles. The van der Waals surface area contributed by atoms with Gasteiger partial charge in [0.2, 0.25) is 0 Å². The van der Waals surface area contributed by atoms with Gasteiger partial charge in [0.1, 0.15) is 0 Å². The van der Waals surface area contributed by atoms with Crippen molar-refractivity contribution in [2.45, 2.75) is 32.2 Å². The first-order chi connectivity index (χ1) is 8.50. The van der Waals surface area contributed by atoms with Crippen LogP contribution in [0.5, 0.6) is 0 Å². The Morgan fingerprint density at radius 3 is 2.50 bits per heavy atom. The van der Waals surface area contributed by atoms with Crippen LogP contribution in [0.4, 0.5) is 0 Å². The van der Waals surface area contributed by atoms with E-state index in [1.165, 1.54) is 5.56 Å². The van der Waals surface area contributed by atoms with Crippen molar-refractivity contribution < 1.29 is 0 Å². The fourth-order valence-electron chi connectivity index (χ4n) is 1.85. The van der Waals surface area contributed by atoms with E-state index in [1.54, 1.807) is 0 Å². The Balaban J connectivity index is 2.38. The van der Waals surface area contributed by atoms with E-state index < -0.39 is 0 Å². The van der Waals surface area contributed by atoms with E-state index in [2.05, 4.69) is 31.0 Å². The molecule has 0 saturated carbocycles. The van der Waals surface area contributed by atoms with E-state index in [0.717, 1.165) is 30.8 Å². The van der Waals surface area contributed by atoms with E-state index in [4.69, 9.17) is 29.6 Å². The van der Waals surface area contributed by atoms with Crippen LogP contribution < -0.4 is 5.73 Å². The summed E-state index contributed by atoms with van der Waals surface area (Å²) in [7, 11) is 2.14. The molecule has 0 aromatic heterocycles. The Hall–Kier alpha value is -0.640. The molecule has 0 aliphatic rings. The predicted octanol–water partition coefficient (Wildman–Crippen LogP) is 3.79. The molecular formula is C14H21ClN2S. The molecule has 0 radical (unpaired) electrons. The monoisotopic (exact) mass is 284 g/mol. The van der Waals surface area contributed by atoms with Crippen molar-refractivity contribution in [3.05, 3.63) is 34.9 Å². The molecule has 2 N–H and O–H groups in total. The van der Waals surface area contributed by atoms with Crippen molar-refractivity contribution in [2.24, 2.45) is 5.73 Å². The van der Waals surface area contributed by atoms with Gasteiger partial charge in [0.25, 0.3) is 0 Å². The molecule has 100 valence electrons. The van der Waals surface area contributed by atoms with Gasteiger partial charge in [0, 0.05) is 11.1 Å². The van der Waals surface area contributed by atoms with Crippen LogP contribution in [-0.2, 0) is 0 Å². The molecule has 0 fully saturated rings. The van der Waals surface area contributed by atoms with Crippen molar-refractivity contribution in [1.29, 1.82) is 0 Å². The molecule has 18 heavy (non-hydrogen) atoms. The van der Waals surface area contributed by atoms with Crippen molar-refractivity contribution >= 4 is 28.8 Å². The largest absolute Gasteiger partial charge is 0.393 e. The van der Waals surface area contributed by atoms with Gasteiger partial charge in [-0.05, 0) is 57.5 Å². The lowest BCUT2D eigenvalue weighted by molar-refractivity contribution is 0.257. The highest BCUT2D eigenvalue weighted by Gasteiger charge is 2.10. The summed E-state index contributed by atoms with van der Waals surface area (Å²) >= 11 is 10.8. The standard InChI is InChI=1S/C14H21ClN2S/c1-11(12-6-8-13(15)9-7-12)17(2)10-4-3-5-14(16)18/h6-9,11H,3-5,10H2,1-2H3,(H2,16,18). The number of halogens is 1. The van der Waals surface area contributed by atoms with E-state index >= 15 is 0 Å². The highest BCUT2D eigenvalue weighted by molar-refractivity contribution is 7.80. The van der Waals surface area contributed by atoms with Gasteiger partial charge in [-0.1, -0.05) is 36.0 Å². The van der Waals surface area contributed by atoms with E-state index in [-0.39, 0.29) is 0 Å². The first-order valence-electron chi connectivity index (χ1n) is 6.24. The first kappa shape index (κ1) is 15.4. The first-order valence-corrected chi connectivity index (χ1v) is 7.03. The van der Waals surface area contributed by atoms with Gasteiger partial charge in [-0.2, -0.15) is 0 Å². The summed E-state index contributed by atoms with van der Waals surface area (Å²) in [5.74, 6) is 0. The minimum atomic E-state index is 0.395. The zero-order chi connectivity index (χ0) is 13.5. The average Bonchev–Trinajstić information content (AvgIpc) is 2.34. The number of nitrogens with zero attached hydrogens (tertiary/aromatic N) is 1. The van der Waals surface area contributed by atoms with Crippen LogP contribution in [0.3, 0.4) is 0 Å². The SMILES string of the molecule is CC(c1ccc(Cl)cc1)N(C)CCCCC(N)=S. The molecule has 0 amide bonds. The summed E-state index contributed by atoms with van der Waals surface area (Å²) < 4.78 is 0. The van der Waals surface area contributed by atoms with Gasteiger partial charge in [-0.15, -0.1) is 0 Å². The van der Waals surface area contributed by atoms with Crippen molar-refractivity contribution in [1.82, 2.24) is 4.90 Å². The van der Waals surface area contributed by atoms with Gasteiger partial charge in [-0.3, -0.25) is 4.90 Å². The van der Waals surface area contributed by atoms with Crippen LogP contribution in [0.25, 0.3) is 0 Å². The van der Waals surface area contributed by atoms with Gasteiger partial charge < -0.3 is 5.73 Å². The highest BCUT2D eigenvalue weighted by Crippen LogP contribution is 2.21. The van der Waals surface area contributed by atoms with Crippen LogP contribution >= 0.6 is 23.8 Å². The lowest BCUT2D eigenvalue weighted by Gasteiger charge is -2.25. The molecule has 0 heterocycles. The van der Waals surface area contributed by atoms with Crippen molar-refractivity contribution in [3.63, 3.8) is 0 Å². The van der Waals surface area contributed by atoms with Gasteiger partial charge in [0.05, 0.1) is 4.99 Å². The van der Waals surface area contributed by atoms with Crippen LogP contribution in [0, 0.1) is 0 Å². The molecule has 4 heteroatoms. The summed E-state index contributed by atoms with van der Waals surface area (Å²) in [5.41, 5.74) is 6.77. The summed E-state index contributed by atoms with van der Waals surface area (Å²) in [4.78, 5) is 2.95. The number of benzene rings is 1. The molecule has 1 atom stereocenters. The molecule has 1 rings (SSSR count).